The standard InChI is InChI=1S/C24H21BrFN5O2/c25-20-21(14-1-3-15(4-2-14)24(32)33)30-23-18(12-29-31(23)22(20)27)16-7-10-19(28-11-16)13-5-8-17(26)9-6-13/h5-12,14-15H,1-4,27H2,(H,32,33). The van der Waals surface area contributed by atoms with E-state index < -0.39 is 5.97 Å². The van der Waals surface area contributed by atoms with Crippen LogP contribution in [0.2, 0.25) is 0 Å². The van der Waals surface area contributed by atoms with Crippen molar-refractivity contribution in [3.05, 3.63) is 64.8 Å². The Balaban J connectivity index is 1.49. The minimum atomic E-state index is -0.731. The van der Waals surface area contributed by atoms with Gasteiger partial charge in [0.15, 0.2) is 5.65 Å². The van der Waals surface area contributed by atoms with Crippen LogP contribution in [0.1, 0.15) is 37.3 Å². The maximum Gasteiger partial charge on any atom is 0.306 e. The topological polar surface area (TPSA) is 106 Å². The molecule has 0 saturated heterocycles. The van der Waals surface area contributed by atoms with E-state index in [1.807, 2.05) is 12.1 Å². The van der Waals surface area contributed by atoms with Crippen molar-refractivity contribution in [3.8, 4) is 22.4 Å². The van der Waals surface area contributed by atoms with E-state index in [1.54, 1.807) is 29.0 Å². The number of anilines is 1. The first-order chi connectivity index (χ1) is 15.9. The van der Waals surface area contributed by atoms with Gasteiger partial charge in [-0.2, -0.15) is 9.61 Å². The Morgan fingerprint density at radius 3 is 2.39 bits per heavy atom. The molecule has 0 bridgehead atoms. The summed E-state index contributed by atoms with van der Waals surface area (Å²) in [6.07, 6.45) is 6.20. The molecule has 3 aromatic heterocycles. The molecule has 168 valence electrons. The van der Waals surface area contributed by atoms with Crippen molar-refractivity contribution in [2.45, 2.75) is 31.6 Å². The van der Waals surface area contributed by atoms with Crippen LogP contribution in [0.5, 0.6) is 0 Å². The van der Waals surface area contributed by atoms with Gasteiger partial charge in [0.1, 0.15) is 11.6 Å². The minimum absolute atomic E-state index is 0.129. The van der Waals surface area contributed by atoms with Gasteiger partial charge >= 0.3 is 5.97 Å². The Morgan fingerprint density at radius 1 is 1.06 bits per heavy atom. The third-order valence-corrected chi connectivity index (χ3v) is 7.14. The molecule has 9 heteroatoms. The molecule has 1 aliphatic carbocycles. The zero-order valence-electron chi connectivity index (χ0n) is 17.6. The Hall–Kier alpha value is -3.33. The summed E-state index contributed by atoms with van der Waals surface area (Å²) in [4.78, 5) is 20.8. The molecule has 4 aromatic rings. The van der Waals surface area contributed by atoms with E-state index in [0.29, 0.717) is 28.8 Å². The van der Waals surface area contributed by atoms with Crippen LogP contribution in [0.15, 0.2) is 53.3 Å². The molecule has 0 amide bonds. The fourth-order valence-corrected chi connectivity index (χ4v) is 5.03. The van der Waals surface area contributed by atoms with E-state index >= 15 is 0 Å². The number of aromatic nitrogens is 4. The predicted octanol–water partition coefficient (Wildman–Crippen LogP) is 5.30. The summed E-state index contributed by atoms with van der Waals surface area (Å²) < 4.78 is 15.5. The summed E-state index contributed by atoms with van der Waals surface area (Å²) in [7, 11) is 0. The van der Waals surface area contributed by atoms with Crippen LogP contribution in [-0.2, 0) is 4.79 Å². The number of fused-ring (bicyclic) bond motifs is 1. The molecule has 7 nitrogen and oxygen atoms in total. The van der Waals surface area contributed by atoms with E-state index in [1.165, 1.54) is 12.1 Å². The molecule has 33 heavy (non-hydrogen) atoms. The smallest absolute Gasteiger partial charge is 0.306 e. The molecular weight excluding hydrogens is 489 g/mol. The van der Waals surface area contributed by atoms with E-state index in [0.717, 1.165) is 40.9 Å². The Morgan fingerprint density at radius 2 is 1.76 bits per heavy atom. The Kier molecular flexibility index (Phi) is 5.57. The van der Waals surface area contributed by atoms with Gasteiger partial charge in [0, 0.05) is 28.8 Å². The second-order valence-corrected chi connectivity index (χ2v) is 9.11. The van der Waals surface area contributed by atoms with Crippen LogP contribution in [0.3, 0.4) is 0 Å². The third kappa shape index (κ3) is 3.97. The number of hydrogen-bond acceptors (Lipinski definition) is 5. The predicted molar refractivity (Wildman–Crippen MR) is 126 cm³/mol. The number of halogens is 2. The number of pyridine rings is 1. The maximum absolute atomic E-state index is 13.2. The summed E-state index contributed by atoms with van der Waals surface area (Å²) in [5, 5.41) is 13.7. The van der Waals surface area contributed by atoms with Crippen molar-refractivity contribution in [3.63, 3.8) is 0 Å². The molecule has 1 saturated carbocycles. The first-order valence-corrected chi connectivity index (χ1v) is 11.5. The minimum Gasteiger partial charge on any atom is -0.481 e. The number of carboxylic acid groups (broad SMARTS) is 1. The number of carboxylic acids is 1. The van der Waals surface area contributed by atoms with Crippen molar-refractivity contribution in [1.82, 2.24) is 19.6 Å². The lowest BCUT2D eigenvalue weighted by molar-refractivity contribution is -0.142. The highest BCUT2D eigenvalue weighted by Crippen LogP contribution is 2.40. The van der Waals surface area contributed by atoms with Gasteiger partial charge in [0.05, 0.1) is 28.0 Å². The number of nitrogens with two attached hydrogens (primary N) is 1. The number of hydrogen-bond donors (Lipinski definition) is 2. The van der Waals surface area contributed by atoms with Crippen molar-refractivity contribution in [2.24, 2.45) is 5.92 Å². The number of rotatable bonds is 4. The van der Waals surface area contributed by atoms with E-state index in [9.17, 15) is 14.3 Å². The number of carbonyl (C=O) groups is 1. The van der Waals surface area contributed by atoms with Gasteiger partial charge in [-0.25, -0.2) is 9.37 Å². The number of nitrogens with zero attached hydrogens (tertiary/aromatic N) is 4. The van der Waals surface area contributed by atoms with Crippen molar-refractivity contribution in [2.75, 3.05) is 5.73 Å². The van der Waals surface area contributed by atoms with Crippen molar-refractivity contribution >= 4 is 33.4 Å². The number of aliphatic carboxylic acids is 1. The first kappa shape index (κ1) is 21.5. The zero-order chi connectivity index (χ0) is 23.1. The zero-order valence-corrected chi connectivity index (χ0v) is 19.2. The third-order valence-electron chi connectivity index (χ3n) is 6.33. The van der Waals surface area contributed by atoms with Gasteiger partial charge in [0.25, 0.3) is 0 Å². The van der Waals surface area contributed by atoms with Gasteiger partial charge < -0.3 is 10.8 Å². The fourth-order valence-electron chi connectivity index (χ4n) is 4.45. The molecule has 1 fully saturated rings. The van der Waals surface area contributed by atoms with Crippen LogP contribution < -0.4 is 5.73 Å². The van der Waals surface area contributed by atoms with E-state index in [4.69, 9.17) is 10.7 Å². The van der Waals surface area contributed by atoms with Crippen LogP contribution in [0.4, 0.5) is 10.2 Å². The largest absolute Gasteiger partial charge is 0.481 e. The summed E-state index contributed by atoms with van der Waals surface area (Å²) in [6.45, 7) is 0. The monoisotopic (exact) mass is 509 g/mol. The van der Waals surface area contributed by atoms with Gasteiger partial charge in [-0.3, -0.25) is 9.78 Å². The molecule has 5 rings (SSSR count). The van der Waals surface area contributed by atoms with E-state index in [2.05, 4.69) is 26.0 Å². The highest BCUT2D eigenvalue weighted by Gasteiger charge is 2.30. The van der Waals surface area contributed by atoms with Crippen LogP contribution >= 0.6 is 15.9 Å². The van der Waals surface area contributed by atoms with Crippen molar-refractivity contribution < 1.29 is 14.3 Å². The molecule has 0 spiro atoms. The fraction of sp³-hybridized carbons (Fsp3) is 0.250. The van der Waals surface area contributed by atoms with Crippen molar-refractivity contribution in [1.29, 1.82) is 0 Å². The molecular formula is C24H21BrFN5O2. The lowest BCUT2D eigenvalue weighted by Crippen LogP contribution is -2.21. The molecule has 1 aliphatic rings. The average Bonchev–Trinajstić information content (AvgIpc) is 3.26. The quantitative estimate of drug-likeness (QED) is 0.386. The first-order valence-electron chi connectivity index (χ1n) is 10.7. The summed E-state index contributed by atoms with van der Waals surface area (Å²) in [6, 6.07) is 10.0. The maximum atomic E-state index is 13.2. The molecule has 0 radical (unpaired) electrons. The molecule has 0 aliphatic heterocycles. The lowest BCUT2D eigenvalue weighted by Gasteiger charge is -2.26. The van der Waals surface area contributed by atoms with Crippen LogP contribution in [0, 0.1) is 11.7 Å². The average molecular weight is 510 g/mol. The highest BCUT2D eigenvalue weighted by atomic mass is 79.9. The molecule has 3 N–H and O–H groups in total. The van der Waals surface area contributed by atoms with Crippen LogP contribution in [0.25, 0.3) is 28.0 Å². The van der Waals surface area contributed by atoms with E-state index in [-0.39, 0.29) is 17.7 Å². The Bertz CT molecular complexity index is 1330. The summed E-state index contributed by atoms with van der Waals surface area (Å²) in [5.41, 5.74) is 11.0. The Labute approximate surface area is 197 Å². The normalized spacial score (nSPS) is 18.5. The highest BCUT2D eigenvalue weighted by molar-refractivity contribution is 9.10. The second kappa shape index (κ2) is 8.55. The molecule has 0 atom stereocenters. The van der Waals surface area contributed by atoms with Gasteiger partial charge in [-0.05, 0) is 71.9 Å². The van der Waals surface area contributed by atoms with Gasteiger partial charge in [0.2, 0.25) is 0 Å². The summed E-state index contributed by atoms with van der Waals surface area (Å²) in [5.74, 6) is -0.729. The lowest BCUT2D eigenvalue weighted by atomic mass is 9.80. The SMILES string of the molecule is Nc1c(Br)c(C2CCC(C(=O)O)CC2)nc2c(-c3ccc(-c4ccc(F)cc4)nc3)cnn12. The van der Waals surface area contributed by atoms with Gasteiger partial charge in [-0.1, -0.05) is 6.07 Å². The van der Waals surface area contributed by atoms with Gasteiger partial charge in [-0.15, -0.1) is 0 Å². The second-order valence-electron chi connectivity index (χ2n) is 8.32. The summed E-state index contributed by atoms with van der Waals surface area (Å²) >= 11 is 3.58. The number of nitrogen functional groups attached to an aromatic ring is 1. The molecule has 3 heterocycles. The number of benzene rings is 1. The molecule has 1 aromatic carbocycles. The molecule has 0 unspecified atom stereocenters. The van der Waals surface area contributed by atoms with Crippen LogP contribution in [-0.4, -0.2) is 30.7 Å².